The van der Waals surface area contributed by atoms with Crippen molar-refractivity contribution < 1.29 is 9.59 Å². The molecule has 1 aromatic carbocycles. The Morgan fingerprint density at radius 3 is 2.38 bits per heavy atom. The largest absolute Gasteiger partial charge is 0.323 e. The molecule has 0 unspecified atom stereocenters. The Hall–Kier alpha value is -2.56. The number of amides is 2. The van der Waals surface area contributed by atoms with Gasteiger partial charge in [-0.1, -0.05) is 18.6 Å². The van der Waals surface area contributed by atoms with E-state index in [1.807, 2.05) is 41.2 Å². The number of carbonyl (C=O) groups is 2. The Balaban J connectivity index is 1.71. The van der Waals surface area contributed by atoms with Crippen LogP contribution in [-0.4, -0.2) is 16.4 Å². The summed E-state index contributed by atoms with van der Waals surface area (Å²) in [7, 11) is 0. The highest BCUT2D eigenvalue weighted by atomic mass is 16.2. The molecule has 2 aromatic rings. The Kier molecular flexibility index (Phi) is 3.73. The molecule has 2 N–H and O–H groups in total. The lowest BCUT2D eigenvalue weighted by molar-refractivity contribution is -0.128. The first-order valence-electron chi connectivity index (χ1n) is 7.08. The maximum Gasteiger partial charge on any atom is 0.271 e. The van der Waals surface area contributed by atoms with Gasteiger partial charge in [0.15, 0.2) is 0 Å². The first-order valence-corrected chi connectivity index (χ1v) is 7.08. The molecule has 0 bridgehead atoms. The van der Waals surface area contributed by atoms with Crippen LogP contribution in [0.15, 0.2) is 48.8 Å². The van der Waals surface area contributed by atoms with Crippen molar-refractivity contribution >= 4 is 11.8 Å². The quantitative estimate of drug-likeness (QED) is 0.847. The molecule has 2 amide bonds. The molecular formula is C16H17N3O2. The van der Waals surface area contributed by atoms with Gasteiger partial charge >= 0.3 is 0 Å². The van der Waals surface area contributed by atoms with Crippen molar-refractivity contribution in [3.8, 4) is 5.69 Å². The monoisotopic (exact) mass is 283 g/mol. The number of hydrazine groups is 1. The molecule has 0 saturated heterocycles. The zero-order valence-corrected chi connectivity index (χ0v) is 11.6. The highest BCUT2D eigenvalue weighted by Crippen LogP contribution is 2.25. The van der Waals surface area contributed by atoms with E-state index in [0.29, 0.717) is 5.56 Å². The third-order valence-electron chi connectivity index (χ3n) is 3.81. The van der Waals surface area contributed by atoms with Crippen molar-refractivity contribution in [1.29, 1.82) is 0 Å². The molecule has 5 heteroatoms. The van der Waals surface area contributed by atoms with Crippen LogP contribution in [0.1, 0.15) is 29.6 Å². The van der Waals surface area contributed by atoms with Crippen LogP contribution in [0.4, 0.5) is 0 Å². The molecule has 1 aromatic heterocycles. The van der Waals surface area contributed by atoms with E-state index in [2.05, 4.69) is 10.9 Å². The van der Waals surface area contributed by atoms with Crippen molar-refractivity contribution in [2.24, 2.45) is 5.92 Å². The predicted octanol–water partition coefficient (Wildman–Crippen LogP) is 2.04. The lowest BCUT2D eigenvalue weighted by Gasteiger charge is -2.24. The van der Waals surface area contributed by atoms with E-state index in [-0.39, 0.29) is 17.7 Å². The van der Waals surface area contributed by atoms with Crippen LogP contribution in [0, 0.1) is 5.92 Å². The van der Waals surface area contributed by atoms with E-state index in [0.717, 1.165) is 24.9 Å². The maximum absolute atomic E-state index is 12.3. The fourth-order valence-corrected chi connectivity index (χ4v) is 2.34. The number of nitrogens with one attached hydrogen (secondary N) is 2. The summed E-state index contributed by atoms with van der Waals surface area (Å²) in [5.41, 5.74) is 6.30. The molecular weight excluding hydrogens is 266 g/mol. The molecule has 1 aliphatic carbocycles. The van der Waals surface area contributed by atoms with Crippen LogP contribution >= 0.6 is 0 Å². The molecule has 3 rings (SSSR count). The lowest BCUT2D eigenvalue weighted by atomic mass is 9.85. The average molecular weight is 283 g/mol. The van der Waals surface area contributed by atoms with Gasteiger partial charge in [0.1, 0.15) is 0 Å². The first-order chi connectivity index (χ1) is 10.3. The highest BCUT2D eigenvalue weighted by molar-refractivity contribution is 5.98. The number of nitrogens with zero attached hydrogens (tertiary/aromatic N) is 1. The van der Waals surface area contributed by atoms with Gasteiger partial charge in [0, 0.05) is 18.3 Å². The van der Waals surface area contributed by atoms with Crippen molar-refractivity contribution in [3.05, 3.63) is 54.4 Å². The van der Waals surface area contributed by atoms with E-state index >= 15 is 0 Å². The van der Waals surface area contributed by atoms with Crippen molar-refractivity contribution in [3.63, 3.8) is 0 Å². The van der Waals surface area contributed by atoms with Gasteiger partial charge in [-0.3, -0.25) is 20.4 Å². The zero-order chi connectivity index (χ0) is 14.7. The lowest BCUT2D eigenvalue weighted by Crippen LogP contribution is -2.46. The summed E-state index contributed by atoms with van der Waals surface area (Å²) in [4.78, 5) is 24.0. The second-order valence-electron chi connectivity index (χ2n) is 5.18. The molecule has 0 atom stereocenters. The van der Waals surface area contributed by atoms with Gasteiger partial charge < -0.3 is 4.57 Å². The Morgan fingerprint density at radius 2 is 1.71 bits per heavy atom. The number of carbonyl (C=O) groups excluding carboxylic acids is 2. The fourth-order valence-electron chi connectivity index (χ4n) is 2.34. The van der Waals surface area contributed by atoms with Gasteiger partial charge in [-0.15, -0.1) is 0 Å². The highest BCUT2D eigenvalue weighted by Gasteiger charge is 2.25. The van der Waals surface area contributed by atoms with Crippen LogP contribution in [0.3, 0.4) is 0 Å². The van der Waals surface area contributed by atoms with Crippen LogP contribution in [0.2, 0.25) is 0 Å². The summed E-state index contributed by atoms with van der Waals surface area (Å²) in [6.07, 6.45) is 6.64. The second-order valence-corrected chi connectivity index (χ2v) is 5.18. The van der Waals surface area contributed by atoms with Gasteiger partial charge in [0.2, 0.25) is 5.91 Å². The van der Waals surface area contributed by atoms with E-state index < -0.39 is 0 Å². The molecule has 1 fully saturated rings. The zero-order valence-electron chi connectivity index (χ0n) is 11.6. The number of benzene rings is 1. The predicted molar refractivity (Wildman–Crippen MR) is 78.7 cm³/mol. The van der Waals surface area contributed by atoms with Crippen molar-refractivity contribution in [1.82, 2.24) is 15.4 Å². The van der Waals surface area contributed by atoms with E-state index in [9.17, 15) is 9.59 Å². The number of aromatic nitrogens is 1. The summed E-state index contributed by atoms with van der Waals surface area (Å²) in [5, 5.41) is 0. The van der Waals surface area contributed by atoms with Crippen molar-refractivity contribution in [2.45, 2.75) is 19.3 Å². The van der Waals surface area contributed by atoms with Crippen LogP contribution in [-0.2, 0) is 4.79 Å². The summed E-state index contributed by atoms with van der Waals surface area (Å²) < 4.78 is 1.86. The summed E-state index contributed by atoms with van der Waals surface area (Å²) in [5.74, 6) is -0.370. The maximum atomic E-state index is 12.3. The van der Waals surface area contributed by atoms with Gasteiger partial charge in [-0.2, -0.15) is 0 Å². The normalized spacial score (nSPS) is 14.3. The smallest absolute Gasteiger partial charge is 0.271 e. The van der Waals surface area contributed by atoms with Crippen molar-refractivity contribution in [2.75, 3.05) is 0 Å². The SMILES string of the molecule is O=C(NNC(=O)C1CCC1)c1ccccc1-n1cccc1. The molecule has 1 saturated carbocycles. The Labute approximate surface area is 122 Å². The number of rotatable bonds is 3. The summed E-state index contributed by atoms with van der Waals surface area (Å²) in [6.45, 7) is 0. The summed E-state index contributed by atoms with van der Waals surface area (Å²) in [6, 6.07) is 11.1. The molecule has 5 nitrogen and oxygen atoms in total. The summed E-state index contributed by atoms with van der Waals surface area (Å²) >= 11 is 0. The molecule has 1 aliphatic rings. The minimum absolute atomic E-state index is 0.0463. The van der Waals surface area contributed by atoms with E-state index in [1.165, 1.54) is 0 Å². The standard InChI is InChI=1S/C16H17N3O2/c20-15(12-6-5-7-12)17-18-16(21)13-8-1-2-9-14(13)19-10-3-4-11-19/h1-4,8-12H,5-7H2,(H,17,20)(H,18,21). The van der Waals surface area contributed by atoms with Gasteiger partial charge in [-0.25, -0.2) is 0 Å². The van der Waals surface area contributed by atoms with Gasteiger partial charge in [-0.05, 0) is 37.1 Å². The first kappa shape index (κ1) is 13.4. The third kappa shape index (κ3) is 2.81. The average Bonchev–Trinajstić information content (AvgIpc) is 2.97. The number of hydrogen-bond donors (Lipinski definition) is 2. The van der Waals surface area contributed by atoms with Crippen LogP contribution < -0.4 is 10.9 Å². The van der Waals surface area contributed by atoms with Crippen LogP contribution in [0.25, 0.3) is 5.69 Å². The Morgan fingerprint density at radius 1 is 1.00 bits per heavy atom. The second kappa shape index (κ2) is 5.83. The molecule has 1 heterocycles. The van der Waals surface area contributed by atoms with Gasteiger partial charge in [0.25, 0.3) is 5.91 Å². The minimum Gasteiger partial charge on any atom is -0.323 e. The molecule has 108 valence electrons. The van der Waals surface area contributed by atoms with E-state index in [4.69, 9.17) is 0 Å². The van der Waals surface area contributed by atoms with Gasteiger partial charge in [0.05, 0.1) is 11.3 Å². The molecule has 0 radical (unpaired) electrons. The minimum atomic E-state index is -0.313. The van der Waals surface area contributed by atoms with E-state index in [1.54, 1.807) is 12.1 Å². The molecule has 0 aliphatic heterocycles. The molecule has 0 spiro atoms. The third-order valence-corrected chi connectivity index (χ3v) is 3.81. The van der Waals surface area contributed by atoms with Crippen LogP contribution in [0.5, 0.6) is 0 Å². The fraction of sp³-hybridized carbons (Fsp3) is 0.250. The number of para-hydroxylation sites is 1. The Bertz CT molecular complexity index is 645. The number of hydrogen-bond acceptors (Lipinski definition) is 2. The topological polar surface area (TPSA) is 63.1 Å². The molecule has 21 heavy (non-hydrogen) atoms.